The van der Waals surface area contributed by atoms with E-state index in [2.05, 4.69) is 29.8 Å². The van der Waals surface area contributed by atoms with Gasteiger partial charge in [0.1, 0.15) is 0 Å². The minimum atomic E-state index is 0.197. The Kier molecular flexibility index (Phi) is 5.77. The maximum absolute atomic E-state index is 11.9. The van der Waals surface area contributed by atoms with Crippen LogP contribution in [0.25, 0.3) is 0 Å². The third kappa shape index (κ3) is 3.60. The predicted octanol–water partition coefficient (Wildman–Crippen LogP) is 3.34. The van der Waals surface area contributed by atoms with E-state index < -0.39 is 0 Å². The molecule has 0 atom stereocenters. The molecule has 0 aromatic carbocycles. The first-order valence-corrected chi connectivity index (χ1v) is 7.76. The van der Waals surface area contributed by atoms with Crippen molar-refractivity contribution in [2.75, 3.05) is 32.0 Å². The SMILES string of the molecule is CCCC(CBr)(CCC)CN1CCN(C)C1=O. The van der Waals surface area contributed by atoms with Crippen LogP contribution in [0.1, 0.15) is 39.5 Å². The number of alkyl halides is 1. The van der Waals surface area contributed by atoms with Crippen LogP contribution in [0.2, 0.25) is 0 Å². The molecule has 3 nitrogen and oxygen atoms in total. The molecule has 1 aliphatic rings. The van der Waals surface area contributed by atoms with Gasteiger partial charge in [0.2, 0.25) is 0 Å². The van der Waals surface area contributed by atoms with Crippen LogP contribution < -0.4 is 0 Å². The molecular formula is C13H25BrN2O. The molecule has 0 aromatic rings. The Bertz CT molecular complexity index is 252. The topological polar surface area (TPSA) is 23.6 Å². The summed E-state index contributed by atoms with van der Waals surface area (Å²) in [5, 5.41) is 0.995. The number of carbonyl (C=O) groups excluding carboxylic acids is 1. The maximum atomic E-state index is 11.9. The van der Waals surface area contributed by atoms with E-state index in [1.807, 2.05) is 16.8 Å². The molecule has 0 aliphatic carbocycles. The Labute approximate surface area is 114 Å². The number of halogens is 1. The van der Waals surface area contributed by atoms with Crippen LogP contribution in [0, 0.1) is 5.41 Å². The van der Waals surface area contributed by atoms with Crippen LogP contribution >= 0.6 is 15.9 Å². The van der Waals surface area contributed by atoms with Crippen molar-refractivity contribution in [2.24, 2.45) is 5.41 Å². The lowest BCUT2D eigenvalue weighted by atomic mass is 9.81. The second-order valence-electron chi connectivity index (χ2n) is 5.26. The molecular weight excluding hydrogens is 280 g/mol. The quantitative estimate of drug-likeness (QED) is 0.662. The summed E-state index contributed by atoms with van der Waals surface area (Å²) in [6.07, 6.45) is 4.76. The molecule has 0 bridgehead atoms. The van der Waals surface area contributed by atoms with Crippen molar-refractivity contribution in [1.29, 1.82) is 0 Å². The standard InChI is InChI=1S/C13H25BrN2O/c1-4-6-13(10-14,7-5-2)11-16-9-8-15(3)12(16)17/h4-11H2,1-3H3. The number of carbonyl (C=O) groups is 1. The molecule has 17 heavy (non-hydrogen) atoms. The molecule has 1 rings (SSSR count). The van der Waals surface area contributed by atoms with E-state index in [4.69, 9.17) is 0 Å². The van der Waals surface area contributed by atoms with E-state index >= 15 is 0 Å². The number of likely N-dealkylation sites (N-methyl/N-ethyl adjacent to an activating group) is 1. The van der Waals surface area contributed by atoms with Gasteiger partial charge in [-0.3, -0.25) is 0 Å². The fraction of sp³-hybridized carbons (Fsp3) is 0.923. The number of rotatable bonds is 7. The van der Waals surface area contributed by atoms with Crippen LogP contribution in [0.5, 0.6) is 0 Å². The first kappa shape index (κ1) is 14.8. The average Bonchev–Trinajstić information content (AvgIpc) is 2.61. The van der Waals surface area contributed by atoms with E-state index in [-0.39, 0.29) is 11.4 Å². The summed E-state index contributed by atoms with van der Waals surface area (Å²) < 4.78 is 0. The molecule has 4 heteroatoms. The molecule has 100 valence electrons. The van der Waals surface area contributed by atoms with E-state index in [9.17, 15) is 4.79 Å². The third-order valence-corrected chi connectivity index (χ3v) is 4.86. The summed E-state index contributed by atoms with van der Waals surface area (Å²) in [4.78, 5) is 15.8. The zero-order valence-corrected chi connectivity index (χ0v) is 12.9. The summed E-state index contributed by atoms with van der Waals surface area (Å²) in [5.41, 5.74) is 0.268. The number of urea groups is 1. The van der Waals surface area contributed by atoms with Gasteiger partial charge in [-0.05, 0) is 18.3 Å². The molecule has 0 spiro atoms. The summed E-state index contributed by atoms with van der Waals surface area (Å²) in [7, 11) is 1.89. The largest absolute Gasteiger partial charge is 0.326 e. The Morgan fingerprint density at radius 3 is 2.18 bits per heavy atom. The van der Waals surface area contributed by atoms with Crippen molar-refractivity contribution in [3.05, 3.63) is 0 Å². The first-order chi connectivity index (χ1) is 8.08. The fourth-order valence-electron chi connectivity index (χ4n) is 2.77. The molecule has 0 unspecified atom stereocenters. The Hall–Kier alpha value is -0.250. The lowest BCUT2D eigenvalue weighted by Crippen LogP contribution is -2.41. The van der Waals surface area contributed by atoms with Crippen LogP contribution in [0.4, 0.5) is 4.79 Å². The van der Waals surface area contributed by atoms with E-state index in [0.29, 0.717) is 0 Å². The van der Waals surface area contributed by atoms with Gasteiger partial charge >= 0.3 is 6.03 Å². The minimum Gasteiger partial charge on any atom is -0.326 e. The highest BCUT2D eigenvalue weighted by Crippen LogP contribution is 2.34. The number of nitrogens with zero attached hydrogens (tertiary/aromatic N) is 2. The molecule has 1 heterocycles. The molecule has 0 radical (unpaired) electrons. The van der Waals surface area contributed by atoms with Gasteiger partial charge in [0.25, 0.3) is 0 Å². The zero-order chi connectivity index (χ0) is 12.9. The second kappa shape index (κ2) is 6.62. The Balaban J connectivity index is 2.68. The van der Waals surface area contributed by atoms with Crippen LogP contribution in [0.15, 0.2) is 0 Å². The van der Waals surface area contributed by atoms with Crippen molar-refractivity contribution < 1.29 is 4.79 Å². The lowest BCUT2D eigenvalue weighted by molar-refractivity contribution is 0.160. The average molecular weight is 305 g/mol. The maximum Gasteiger partial charge on any atom is 0.319 e. The number of hydrogen-bond acceptors (Lipinski definition) is 1. The van der Waals surface area contributed by atoms with Gasteiger partial charge in [0.15, 0.2) is 0 Å². The highest BCUT2D eigenvalue weighted by atomic mass is 79.9. The monoisotopic (exact) mass is 304 g/mol. The van der Waals surface area contributed by atoms with Gasteiger partial charge in [-0.2, -0.15) is 0 Å². The van der Waals surface area contributed by atoms with Crippen LogP contribution in [-0.4, -0.2) is 47.8 Å². The highest BCUT2D eigenvalue weighted by Gasteiger charge is 2.34. The fourth-order valence-corrected chi connectivity index (χ4v) is 3.51. The van der Waals surface area contributed by atoms with Crippen molar-refractivity contribution >= 4 is 22.0 Å². The summed E-state index contributed by atoms with van der Waals surface area (Å²) in [6, 6.07) is 0.197. The van der Waals surface area contributed by atoms with Crippen molar-refractivity contribution in [1.82, 2.24) is 9.80 Å². The van der Waals surface area contributed by atoms with Crippen molar-refractivity contribution in [2.45, 2.75) is 39.5 Å². The smallest absolute Gasteiger partial charge is 0.319 e. The Morgan fingerprint density at radius 1 is 1.24 bits per heavy atom. The van der Waals surface area contributed by atoms with Gasteiger partial charge < -0.3 is 9.80 Å². The van der Waals surface area contributed by atoms with Crippen LogP contribution in [0.3, 0.4) is 0 Å². The van der Waals surface area contributed by atoms with Gasteiger partial charge in [0.05, 0.1) is 0 Å². The van der Waals surface area contributed by atoms with E-state index in [1.54, 1.807) is 0 Å². The normalized spacial score (nSPS) is 17.1. The molecule has 2 amide bonds. The molecule has 1 saturated heterocycles. The molecule has 1 fully saturated rings. The Morgan fingerprint density at radius 2 is 1.82 bits per heavy atom. The van der Waals surface area contributed by atoms with Gasteiger partial charge in [0, 0.05) is 32.0 Å². The van der Waals surface area contributed by atoms with Gasteiger partial charge in [-0.1, -0.05) is 42.6 Å². The zero-order valence-electron chi connectivity index (χ0n) is 11.3. The second-order valence-corrected chi connectivity index (χ2v) is 5.82. The predicted molar refractivity (Wildman–Crippen MR) is 75.6 cm³/mol. The summed E-state index contributed by atoms with van der Waals surface area (Å²) in [6.45, 7) is 7.12. The summed E-state index contributed by atoms with van der Waals surface area (Å²) >= 11 is 3.67. The van der Waals surface area contributed by atoms with Gasteiger partial charge in [-0.25, -0.2) is 4.79 Å². The van der Waals surface area contributed by atoms with E-state index in [0.717, 1.165) is 25.0 Å². The van der Waals surface area contributed by atoms with Crippen molar-refractivity contribution in [3.63, 3.8) is 0 Å². The minimum absolute atomic E-state index is 0.197. The third-order valence-electron chi connectivity index (χ3n) is 3.67. The number of amides is 2. The molecule has 0 saturated carbocycles. The summed E-state index contributed by atoms with van der Waals surface area (Å²) in [5.74, 6) is 0. The highest BCUT2D eigenvalue weighted by molar-refractivity contribution is 9.09. The van der Waals surface area contributed by atoms with E-state index in [1.165, 1.54) is 25.7 Å². The van der Waals surface area contributed by atoms with Crippen molar-refractivity contribution in [3.8, 4) is 0 Å². The lowest BCUT2D eigenvalue weighted by Gasteiger charge is -2.35. The molecule has 0 N–H and O–H groups in total. The van der Waals surface area contributed by atoms with Crippen LogP contribution in [-0.2, 0) is 0 Å². The molecule has 1 aliphatic heterocycles. The van der Waals surface area contributed by atoms with Gasteiger partial charge in [-0.15, -0.1) is 0 Å². The molecule has 0 aromatic heterocycles. The number of hydrogen-bond donors (Lipinski definition) is 0. The first-order valence-electron chi connectivity index (χ1n) is 6.64.